The molecule has 0 aliphatic carbocycles. The van der Waals surface area contributed by atoms with E-state index in [2.05, 4.69) is 32.1 Å². The Bertz CT molecular complexity index is 452. The Kier molecular flexibility index (Phi) is 4.87. The molecule has 1 aliphatic rings. The van der Waals surface area contributed by atoms with E-state index in [-0.39, 0.29) is 30.5 Å². The number of halogens is 2. The summed E-state index contributed by atoms with van der Waals surface area (Å²) in [5.41, 5.74) is 6.81. The molecule has 2 rings (SSSR count). The molecule has 1 heterocycles. The first-order chi connectivity index (χ1) is 9.08. The van der Waals surface area contributed by atoms with E-state index in [1.807, 2.05) is 6.07 Å². The second kappa shape index (κ2) is 6.42. The van der Waals surface area contributed by atoms with Crippen LogP contribution in [-0.4, -0.2) is 25.8 Å². The highest BCUT2D eigenvalue weighted by atomic mass is 79.9. The molecule has 1 amide bonds. The van der Waals surface area contributed by atoms with Crippen LogP contribution < -0.4 is 16.2 Å². The number of carbonyl (C=O) groups excluding carboxylic acids is 1. The maximum atomic E-state index is 13.3. The summed E-state index contributed by atoms with van der Waals surface area (Å²) in [5, 5.41) is 2.77. The number of benzene rings is 1. The number of hydrogen-bond acceptors (Lipinski definition) is 4. The number of nitrogens with one attached hydrogen (secondary N) is 3. The summed E-state index contributed by atoms with van der Waals surface area (Å²) in [4.78, 5) is 11.4. The third-order valence-electron chi connectivity index (χ3n) is 2.80. The molecule has 2 atom stereocenters. The minimum Gasteiger partial charge on any atom is -0.375 e. The second-order valence-corrected chi connectivity index (χ2v) is 5.25. The van der Waals surface area contributed by atoms with Gasteiger partial charge in [-0.15, -0.1) is 0 Å². The molecule has 19 heavy (non-hydrogen) atoms. The van der Waals surface area contributed by atoms with Gasteiger partial charge >= 0.3 is 0 Å². The maximum absolute atomic E-state index is 13.3. The van der Waals surface area contributed by atoms with Gasteiger partial charge in [0.25, 0.3) is 0 Å². The highest BCUT2D eigenvalue weighted by Gasteiger charge is 2.26. The van der Waals surface area contributed by atoms with Crippen molar-refractivity contribution in [3.63, 3.8) is 0 Å². The predicted octanol–water partition coefficient (Wildman–Crippen LogP) is 1.22. The van der Waals surface area contributed by atoms with E-state index >= 15 is 0 Å². The monoisotopic (exact) mass is 331 g/mol. The predicted molar refractivity (Wildman–Crippen MR) is 71.5 cm³/mol. The molecular formula is C12H15BrFN3O2. The number of rotatable bonds is 4. The Balaban J connectivity index is 1.96. The van der Waals surface area contributed by atoms with Gasteiger partial charge in [0.1, 0.15) is 12.4 Å². The lowest BCUT2D eigenvalue weighted by Crippen LogP contribution is -2.45. The van der Waals surface area contributed by atoms with Crippen LogP contribution in [0.15, 0.2) is 22.7 Å². The average Bonchev–Trinajstić information content (AvgIpc) is 2.76. The fourth-order valence-corrected chi connectivity index (χ4v) is 2.50. The first-order valence-electron chi connectivity index (χ1n) is 5.84. The van der Waals surface area contributed by atoms with Crippen molar-refractivity contribution in [3.8, 4) is 0 Å². The average molecular weight is 332 g/mol. The molecule has 3 N–H and O–H groups in total. The van der Waals surface area contributed by atoms with Gasteiger partial charge in [-0.25, -0.2) is 15.2 Å². The van der Waals surface area contributed by atoms with Gasteiger partial charge in [0.15, 0.2) is 0 Å². The zero-order chi connectivity index (χ0) is 13.8. The van der Waals surface area contributed by atoms with Crippen LogP contribution in [0.25, 0.3) is 0 Å². The number of hydrogen-bond donors (Lipinski definition) is 3. The van der Waals surface area contributed by atoms with Gasteiger partial charge in [-0.2, -0.15) is 0 Å². The van der Waals surface area contributed by atoms with E-state index in [4.69, 9.17) is 4.74 Å². The van der Waals surface area contributed by atoms with Crippen LogP contribution in [0.1, 0.15) is 18.0 Å². The van der Waals surface area contributed by atoms with E-state index < -0.39 is 0 Å². The molecule has 2 unspecified atom stereocenters. The van der Waals surface area contributed by atoms with Gasteiger partial charge in [-0.1, -0.05) is 15.9 Å². The van der Waals surface area contributed by atoms with E-state index in [9.17, 15) is 9.18 Å². The molecule has 1 fully saturated rings. The molecule has 0 radical (unpaired) electrons. The van der Waals surface area contributed by atoms with Gasteiger partial charge in [-0.05, 0) is 23.8 Å². The second-order valence-electron chi connectivity index (χ2n) is 4.33. The normalized spacial score (nSPS) is 22.5. The fraction of sp³-hybridized carbons (Fsp3) is 0.417. The SMILES string of the molecule is COCC(=O)NC1CC(c2cc(F)cc(Br)c2)NN1. The van der Waals surface area contributed by atoms with Crippen LogP contribution in [-0.2, 0) is 9.53 Å². The molecule has 0 bridgehead atoms. The van der Waals surface area contributed by atoms with E-state index in [0.717, 1.165) is 5.56 Å². The van der Waals surface area contributed by atoms with Crippen molar-refractivity contribution in [3.05, 3.63) is 34.1 Å². The number of ether oxygens (including phenoxy) is 1. The van der Waals surface area contributed by atoms with E-state index in [1.54, 1.807) is 0 Å². The quantitative estimate of drug-likeness (QED) is 0.776. The van der Waals surface area contributed by atoms with Crippen molar-refractivity contribution < 1.29 is 13.9 Å². The summed E-state index contributed by atoms with van der Waals surface area (Å²) in [5.74, 6) is -0.485. The molecular weight excluding hydrogens is 317 g/mol. The Morgan fingerprint density at radius 1 is 1.53 bits per heavy atom. The molecule has 104 valence electrons. The summed E-state index contributed by atoms with van der Waals surface area (Å²) >= 11 is 3.26. The summed E-state index contributed by atoms with van der Waals surface area (Å²) in [6.45, 7) is 0.0222. The topological polar surface area (TPSA) is 62.4 Å². The lowest BCUT2D eigenvalue weighted by Gasteiger charge is -2.12. The van der Waals surface area contributed by atoms with Gasteiger partial charge < -0.3 is 10.1 Å². The Hall–Kier alpha value is -1.02. The van der Waals surface area contributed by atoms with Crippen molar-refractivity contribution in [2.45, 2.75) is 18.6 Å². The van der Waals surface area contributed by atoms with E-state index in [0.29, 0.717) is 10.9 Å². The summed E-state index contributed by atoms with van der Waals surface area (Å²) in [6, 6.07) is 4.68. The zero-order valence-corrected chi connectivity index (χ0v) is 12.0. The summed E-state index contributed by atoms with van der Waals surface area (Å²) in [7, 11) is 1.47. The highest BCUT2D eigenvalue weighted by molar-refractivity contribution is 9.10. The molecule has 0 aromatic heterocycles. The van der Waals surface area contributed by atoms with Crippen LogP contribution in [0.3, 0.4) is 0 Å². The minimum absolute atomic E-state index is 0.0222. The van der Waals surface area contributed by atoms with Gasteiger partial charge in [0, 0.05) is 24.0 Å². The molecule has 1 aromatic rings. The molecule has 0 spiro atoms. The first kappa shape index (κ1) is 14.4. The highest BCUT2D eigenvalue weighted by Crippen LogP contribution is 2.25. The van der Waals surface area contributed by atoms with Gasteiger partial charge in [0.2, 0.25) is 5.91 Å². The Morgan fingerprint density at radius 3 is 3.00 bits per heavy atom. The number of methoxy groups -OCH3 is 1. The number of hydrazine groups is 1. The first-order valence-corrected chi connectivity index (χ1v) is 6.63. The summed E-state index contributed by atoms with van der Waals surface area (Å²) < 4.78 is 18.8. The van der Waals surface area contributed by atoms with E-state index in [1.165, 1.54) is 19.2 Å². The third-order valence-corrected chi connectivity index (χ3v) is 3.26. The van der Waals surface area contributed by atoms with Crippen molar-refractivity contribution in [2.24, 2.45) is 0 Å². The molecule has 5 nitrogen and oxygen atoms in total. The number of amides is 1. The van der Waals surface area contributed by atoms with Gasteiger partial charge in [-0.3, -0.25) is 4.79 Å². The lowest BCUT2D eigenvalue weighted by atomic mass is 10.0. The van der Waals surface area contributed by atoms with Crippen LogP contribution in [0.5, 0.6) is 0 Å². The van der Waals surface area contributed by atoms with Crippen LogP contribution in [0.2, 0.25) is 0 Å². The zero-order valence-electron chi connectivity index (χ0n) is 10.4. The molecule has 0 saturated carbocycles. The number of carbonyl (C=O) groups is 1. The maximum Gasteiger partial charge on any atom is 0.247 e. The van der Waals surface area contributed by atoms with Crippen LogP contribution in [0.4, 0.5) is 4.39 Å². The minimum atomic E-state index is -0.293. The standard InChI is InChI=1S/C12H15BrFN3O2/c1-19-6-12(18)15-11-5-10(16-17-11)7-2-8(13)4-9(14)3-7/h2-4,10-11,16-17H,5-6H2,1H3,(H,15,18). The Morgan fingerprint density at radius 2 is 2.32 bits per heavy atom. The van der Waals surface area contributed by atoms with Crippen molar-refractivity contribution in [2.75, 3.05) is 13.7 Å². The van der Waals surface area contributed by atoms with Crippen LogP contribution >= 0.6 is 15.9 Å². The molecule has 1 aromatic carbocycles. The smallest absolute Gasteiger partial charge is 0.247 e. The molecule has 1 saturated heterocycles. The lowest BCUT2D eigenvalue weighted by molar-refractivity contribution is -0.125. The van der Waals surface area contributed by atoms with Crippen molar-refractivity contribution >= 4 is 21.8 Å². The third kappa shape index (κ3) is 3.97. The molecule has 7 heteroatoms. The molecule has 1 aliphatic heterocycles. The van der Waals surface area contributed by atoms with Crippen molar-refractivity contribution in [1.29, 1.82) is 0 Å². The summed E-state index contributed by atoms with van der Waals surface area (Å²) in [6.07, 6.45) is 0.431. The fourth-order valence-electron chi connectivity index (χ4n) is 2.01. The van der Waals surface area contributed by atoms with Gasteiger partial charge in [0.05, 0.1) is 6.17 Å². The Labute approximate surface area is 119 Å². The van der Waals surface area contributed by atoms with Crippen LogP contribution in [0, 0.1) is 5.82 Å². The largest absolute Gasteiger partial charge is 0.375 e. The van der Waals surface area contributed by atoms with Crippen molar-refractivity contribution in [1.82, 2.24) is 16.2 Å².